The molecule has 0 spiro atoms. The molecular weight excluding hydrogens is 378 g/mol. The summed E-state index contributed by atoms with van der Waals surface area (Å²) in [4.78, 5) is 24.5. The van der Waals surface area contributed by atoms with Crippen LogP contribution in [0, 0.1) is 0 Å². The van der Waals surface area contributed by atoms with Gasteiger partial charge in [0.1, 0.15) is 0 Å². The van der Waals surface area contributed by atoms with Gasteiger partial charge in [0.25, 0.3) is 5.91 Å². The number of anilines is 1. The number of hydrogen-bond donors (Lipinski definition) is 1. The first-order chi connectivity index (χ1) is 14.7. The van der Waals surface area contributed by atoms with Gasteiger partial charge in [0, 0.05) is 5.69 Å². The van der Waals surface area contributed by atoms with E-state index in [0.717, 1.165) is 11.3 Å². The van der Waals surface area contributed by atoms with Crippen molar-refractivity contribution in [1.29, 1.82) is 0 Å². The number of ether oxygens (including phenoxy) is 1. The number of nitrogens with one attached hydrogen (secondary N) is 1. The Kier molecular flexibility index (Phi) is 7.44. The molecule has 3 aromatic carbocycles. The van der Waals surface area contributed by atoms with Crippen molar-refractivity contribution in [1.82, 2.24) is 0 Å². The number of esters is 1. The molecule has 1 atom stereocenters. The third-order valence-corrected chi connectivity index (χ3v) is 4.43. The fraction of sp³-hybridized carbons (Fsp3) is 0.167. The number of rotatable bonds is 8. The van der Waals surface area contributed by atoms with E-state index in [1.54, 1.807) is 24.3 Å². The minimum atomic E-state index is -0.407. The molecule has 1 amide bonds. The second-order valence-electron chi connectivity index (χ2n) is 6.61. The van der Waals surface area contributed by atoms with E-state index in [4.69, 9.17) is 4.74 Å². The molecule has 0 unspecified atom stereocenters. The van der Waals surface area contributed by atoms with Crippen molar-refractivity contribution in [2.24, 2.45) is 10.2 Å². The minimum absolute atomic E-state index is 0.336. The molecule has 6 heteroatoms. The highest BCUT2D eigenvalue weighted by Crippen LogP contribution is 2.21. The van der Waals surface area contributed by atoms with E-state index < -0.39 is 11.9 Å². The van der Waals surface area contributed by atoms with Crippen molar-refractivity contribution in [2.75, 3.05) is 11.9 Å². The van der Waals surface area contributed by atoms with Crippen LogP contribution in [0.4, 0.5) is 17.1 Å². The van der Waals surface area contributed by atoms with Gasteiger partial charge in [-0.1, -0.05) is 55.5 Å². The number of nitrogens with zero attached hydrogens (tertiary/aromatic N) is 2. The van der Waals surface area contributed by atoms with Gasteiger partial charge in [0.05, 0.1) is 17.3 Å². The van der Waals surface area contributed by atoms with Crippen LogP contribution in [-0.2, 0) is 14.3 Å². The smallest absolute Gasteiger partial charge is 0.313 e. The second-order valence-corrected chi connectivity index (χ2v) is 6.61. The Morgan fingerprint density at radius 1 is 0.833 bits per heavy atom. The summed E-state index contributed by atoms with van der Waals surface area (Å²) in [6, 6.07) is 25.8. The Hall–Kier alpha value is -3.80. The normalized spacial score (nSPS) is 11.8. The number of benzene rings is 3. The van der Waals surface area contributed by atoms with E-state index in [9.17, 15) is 9.59 Å². The van der Waals surface area contributed by atoms with Crippen LogP contribution in [0.25, 0.3) is 0 Å². The molecule has 0 aromatic heterocycles. The van der Waals surface area contributed by atoms with Gasteiger partial charge in [-0.2, -0.15) is 10.2 Å². The van der Waals surface area contributed by atoms with E-state index in [-0.39, 0.29) is 12.5 Å². The first kappa shape index (κ1) is 20.9. The third kappa shape index (κ3) is 6.10. The van der Waals surface area contributed by atoms with Gasteiger partial charge in [0.15, 0.2) is 6.61 Å². The van der Waals surface area contributed by atoms with E-state index in [1.807, 2.05) is 67.6 Å². The Balaban J connectivity index is 1.50. The maximum atomic E-state index is 12.3. The van der Waals surface area contributed by atoms with E-state index >= 15 is 0 Å². The molecule has 3 rings (SSSR count). The maximum Gasteiger partial charge on any atom is 0.313 e. The third-order valence-electron chi connectivity index (χ3n) is 4.43. The van der Waals surface area contributed by atoms with Crippen molar-refractivity contribution in [3.05, 3.63) is 90.5 Å². The predicted octanol–water partition coefficient (Wildman–Crippen LogP) is 5.78. The van der Waals surface area contributed by atoms with Gasteiger partial charge in [-0.25, -0.2) is 0 Å². The molecule has 0 radical (unpaired) electrons. The highest BCUT2D eigenvalue weighted by Gasteiger charge is 2.20. The monoisotopic (exact) mass is 401 g/mol. The molecule has 0 aliphatic rings. The summed E-state index contributed by atoms with van der Waals surface area (Å²) in [6.45, 7) is 1.58. The van der Waals surface area contributed by atoms with Crippen molar-refractivity contribution < 1.29 is 14.3 Å². The number of carbonyl (C=O) groups excluding carboxylic acids is 2. The van der Waals surface area contributed by atoms with Crippen LogP contribution < -0.4 is 5.32 Å². The van der Waals surface area contributed by atoms with Crippen LogP contribution in [0.1, 0.15) is 24.8 Å². The zero-order chi connectivity index (χ0) is 21.2. The SMILES string of the molecule is CC[C@@H](C(=O)OCC(=O)Nc1ccc(N=Nc2ccccc2)cc1)c1ccccc1. The molecule has 3 aromatic rings. The lowest BCUT2D eigenvalue weighted by Gasteiger charge is -2.14. The zero-order valence-electron chi connectivity index (χ0n) is 16.7. The van der Waals surface area contributed by atoms with Gasteiger partial charge in [-0.05, 0) is 48.4 Å². The summed E-state index contributed by atoms with van der Waals surface area (Å²) < 4.78 is 5.21. The molecule has 0 heterocycles. The highest BCUT2D eigenvalue weighted by molar-refractivity contribution is 5.93. The molecule has 1 N–H and O–H groups in total. The summed E-state index contributed by atoms with van der Waals surface area (Å²) in [5, 5.41) is 11.0. The number of hydrogen-bond acceptors (Lipinski definition) is 5. The summed E-state index contributed by atoms with van der Waals surface area (Å²) in [6.07, 6.45) is 0.601. The molecule has 0 saturated heterocycles. The summed E-state index contributed by atoms with van der Waals surface area (Å²) in [5.74, 6) is -1.19. The van der Waals surface area contributed by atoms with E-state index in [2.05, 4.69) is 15.5 Å². The molecule has 0 aliphatic heterocycles. The van der Waals surface area contributed by atoms with Gasteiger partial charge in [-0.15, -0.1) is 0 Å². The summed E-state index contributed by atoms with van der Waals surface area (Å²) in [7, 11) is 0. The molecule has 0 fully saturated rings. The molecule has 6 nitrogen and oxygen atoms in total. The lowest BCUT2D eigenvalue weighted by Crippen LogP contribution is -2.23. The van der Waals surface area contributed by atoms with E-state index in [1.165, 1.54) is 0 Å². The molecule has 0 bridgehead atoms. The van der Waals surface area contributed by atoms with Gasteiger partial charge in [0.2, 0.25) is 0 Å². The van der Waals surface area contributed by atoms with Gasteiger partial charge in [-0.3, -0.25) is 9.59 Å². The Morgan fingerprint density at radius 3 is 2.00 bits per heavy atom. The molecule has 0 aliphatic carbocycles. The first-order valence-corrected chi connectivity index (χ1v) is 9.74. The van der Waals surface area contributed by atoms with Crippen molar-refractivity contribution >= 4 is 28.9 Å². The lowest BCUT2D eigenvalue weighted by molar-refractivity contribution is -0.149. The average molecular weight is 401 g/mol. The number of amides is 1. The Morgan fingerprint density at radius 2 is 1.40 bits per heavy atom. The Bertz CT molecular complexity index is 987. The van der Waals surface area contributed by atoms with Gasteiger partial charge >= 0.3 is 5.97 Å². The van der Waals surface area contributed by atoms with Crippen molar-refractivity contribution in [2.45, 2.75) is 19.3 Å². The van der Waals surface area contributed by atoms with Gasteiger partial charge < -0.3 is 10.1 Å². The fourth-order valence-corrected chi connectivity index (χ4v) is 2.88. The topological polar surface area (TPSA) is 80.1 Å². The van der Waals surface area contributed by atoms with Crippen LogP contribution in [0.2, 0.25) is 0 Å². The van der Waals surface area contributed by atoms with E-state index in [0.29, 0.717) is 17.8 Å². The fourth-order valence-electron chi connectivity index (χ4n) is 2.88. The summed E-state index contributed by atoms with van der Waals surface area (Å²) >= 11 is 0. The van der Waals surface area contributed by atoms with Crippen LogP contribution in [-0.4, -0.2) is 18.5 Å². The standard InChI is InChI=1S/C24H23N3O3/c1-2-22(18-9-5-3-6-10-18)24(29)30-17-23(28)25-19-13-15-21(16-14-19)27-26-20-11-7-4-8-12-20/h3-16,22H,2,17H2,1H3,(H,25,28)/t22-/m1/s1. The first-order valence-electron chi connectivity index (χ1n) is 9.74. The minimum Gasteiger partial charge on any atom is -0.455 e. The number of carbonyl (C=O) groups is 2. The largest absolute Gasteiger partial charge is 0.455 e. The van der Waals surface area contributed by atoms with Crippen molar-refractivity contribution in [3.63, 3.8) is 0 Å². The predicted molar refractivity (Wildman–Crippen MR) is 116 cm³/mol. The summed E-state index contributed by atoms with van der Waals surface area (Å²) in [5.41, 5.74) is 2.89. The highest BCUT2D eigenvalue weighted by atomic mass is 16.5. The zero-order valence-corrected chi connectivity index (χ0v) is 16.7. The Labute approximate surface area is 175 Å². The van der Waals surface area contributed by atoms with Crippen molar-refractivity contribution in [3.8, 4) is 0 Å². The van der Waals surface area contributed by atoms with Crippen LogP contribution >= 0.6 is 0 Å². The maximum absolute atomic E-state index is 12.3. The number of azo groups is 1. The van der Waals surface area contributed by atoms with Crippen LogP contribution in [0.3, 0.4) is 0 Å². The lowest BCUT2D eigenvalue weighted by atomic mass is 9.97. The molecule has 30 heavy (non-hydrogen) atoms. The van der Waals surface area contributed by atoms with Crippen LogP contribution in [0.15, 0.2) is 95.2 Å². The molecule has 0 saturated carbocycles. The quantitative estimate of drug-likeness (QED) is 0.384. The average Bonchev–Trinajstić information content (AvgIpc) is 2.79. The molecule has 152 valence electrons. The van der Waals surface area contributed by atoms with Crippen LogP contribution in [0.5, 0.6) is 0 Å². The second kappa shape index (κ2) is 10.7. The molecular formula is C24H23N3O3.